The van der Waals surface area contributed by atoms with Crippen molar-refractivity contribution in [1.82, 2.24) is 19.5 Å². The van der Waals surface area contributed by atoms with E-state index in [-0.39, 0.29) is 5.92 Å². The molecule has 2 aromatic rings. The quantitative estimate of drug-likeness (QED) is 0.916. The summed E-state index contributed by atoms with van der Waals surface area (Å²) < 4.78 is 2.02. The summed E-state index contributed by atoms with van der Waals surface area (Å²) in [7, 11) is 0. The fourth-order valence-electron chi connectivity index (χ4n) is 1.97. The Morgan fingerprint density at radius 3 is 2.68 bits per heavy atom. The smallest absolute Gasteiger partial charge is 0.146 e. The summed E-state index contributed by atoms with van der Waals surface area (Å²) in [5.41, 5.74) is 6.91. The zero-order valence-electron chi connectivity index (χ0n) is 12.0. The van der Waals surface area contributed by atoms with Crippen LogP contribution in [-0.4, -0.2) is 19.5 Å². The molecule has 0 atom stereocenters. The summed E-state index contributed by atoms with van der Waals surface area (Å²) in [5, 5.41) is 0. The van der Waals surface area contributed by atoms with Crippen LogP contribution in [0.4, 0.5) is 5.82 Å². The molecule has 0 fully saturated rings. The molecule has 0 spiro atoms. The summed E-state index contributed by atoms with van der Waals surface area (Å²) >= 11 is 0. The van der Waals surface area contributed by atoms with Gasteiger partial charge in [0, 0.05) is 30.3 Å². The van der Waals surface area contributed by atoms with Crippen LogP contribution in [0.5, 0.6) is 0 Å². The fourth-order valence-corrected chi connectivity index (χ4v) is 1.97. The van der Waals surface area contributed by atoms with Crippen molar-refractivity contribution < 1.29 is 0 Å². The van der Waals surface area contributed by atoms with Crippen molar-refractivity contribution in [3.05, 3.63) is 29.6 Å². The van der Waals surface area contributed by atoms with Gasteiger partial charge >= 0.3 is 0 Å². The maximum absolute atomic E-state index is 6.00. The highest BCUT2D eigenvalue weighted by Gasteiger charge is 2.14. The molecule has 0 bridgehead atoms. The number of anilines is 1. The molecular weight excluding hydrogens is 238 g/mol. The molecule has 19 heavy (non-hydrogen) atoms. The summed E-state index contributed by atoms with van der Waals surface area (Å²) in [6.45, 7) is 8.22. The van der Waals surface area contributed by atoms with Gasteiger partial charge in [-0.05, 0) is 13.3 Å². The first-order valence-electron chi connectivity index (χ1n) is 6.71. The Balaban J connectivity index is 2.57. The molecule has 0 amide bonds. The van der Waals surface area contributed by atoms with Crippen LogP contribution in [0.25, 0.3) is 5.82 Å². The van der Waals surface area contributed by atoms with E-state index in [1.54, 1.807) is 6.20 Å². The van der Waals surface area contributed by atoms with Crippen molar-refractivity contribution in [2.24, 2.45) is 0 Å². The third-order valence-corrected chi connectivity index (χ3v) is 3.11. The molecule has 0 aliphatic carbocycles. The Morgan fingerprint density at radius 1 is 1.32 bits per heavy atom. The first kappa shape index (κ1) is 13.5. The summed E-state index contributed by atoms with van der Waals surface area (Å²) in [5.74, 6) is 3.43. The highest BCUT2D eigenvalue weighted by atomic mass is 15.1. The van der Waals surface area contributed by atoms with E-state index in [9.17, 15) is 0 Å². The van der Waals surface area contributed by atoms with E-state index in [2.05, 4.69) is 35.7 Å². The second-order valence-electron chi connectivity index (χ2n) is 5.03. The van der Waals surface area contributed by atoms with Crippen molar-refractivity contribution in [1.29, 1.82) is 0 Å². The zero-order chi connectivity index (χ0) is 14.0. The molecule has 5 heteroatoms. The summed E-state index contributed by atoms with van der Waals surface area (Å²) in [6.07, 6.45) is 5.71. The van der Waals surface area contributed by atoms with E-state index in [0.717, 1.165) is 35.9 Å². The van der Waals surface area contributed by atoms with E-state index in [1.807, 2.05) is 17.7 Å². The maximum atomic E-state index is 6.00. The number of hydrogen-bond acceptors (Lipinski definition) is 4. The van der Waals surface area contributed by atoms with Crippen LogP contribution in [0.3, 0.4) is 0 Å². The minimum Gasteiger partial charge on any atom is -0.383 e. The average molecular weight is 259 g/mol. The van der Waals surface area contributed by atoms with Gasteiger partial charge in [-0.2, -0.15) is 0 Å². The van der Waals surface area contributed by atoms with Crippen LogP contribution in [0.1, 0.15) is 50.3 Å². The van der Waals surface area contributed by atoms with Gasteiger partial charge in [0.15, 0.2) is 0 Å². The van der Waals surface area contributed by atoms with E-state index >= 15 is 0 Å². The van der Waals surface area contributed by atoms with Gasteiger partial charge < -0.3 is 5.73 Å². The van der Waals surface area contributed by atoms with Gasteiger partial charge in [0.1, 0.15) is 23.3 Å². The van der Waals surface area contributed by atoms with E-state index in [0.29, 0.717) is 5.82 Å². The number of imidazole rings is 1. The highest BCUT2D eigenvalue weighted by molar-refractivity contribution is 5.49. The third kappa shape index (κ3) is 2.59. The lowest BCUT2D eigenvalue weighted by Crippen LogP contribution is -2.11. The Labute approximate surface area is 113 Å². The first-order chi connectivity index (χ1) is 9.04. The predicted octanol–water partition coefficient (Wildman–Crippen LogP) is 2.63. The predicted molar refractivity (Wildman–Crippen MR) is 76.4 cm³/mol. The molecule has 2 aromatic heterocycles. The molecule has 2 rings (SSSR count). The van der Waals surface area contributed by atoms with Crippen molar-refractivity contribution in [2.45, 2.75) is 46.5 Å². The fraction of sp³-hybridized carbons (Fsp3) is 0.500. The van der Waals surface area contributed by atoms with Crippen LogP contribution in [0.2, 0.25) is 0 Å². The van der Waals surface area contributed by atoms with Crippen LogP contribution in [0, 0.1) is 6.92 Å². The number of aryl methyl sites for hydroxylation is 1. The van der Waals surface area contributed by atoms with Gasteiger partial charge in [-0.25, -0.2) is 15.0 Å². The number of aromatic nitrogens is 4. The largest absolute Gasteiger partial charge is 0.383 e. The summed E-state index contributed by atoms with van der Waals surface area (Å²) in [6, 6.07) is 0. The molecule has 2 heterocycles. The lowest BCUT2D eigenvalue weighted by atomic mass is 10.2. The van der Waals surface area contributed by atoms with Gasteiger partial charge in [0.2, 0.25) is 0 Å². The number of nitrogen functional groups attached to an aromatic ring is 1. The minimum atomic E-state index is 0.250. The number of hydrogen-bond donors (Lipinski definition) is 1. The first-order valence-corrected chi connectivity index (χ1v) is 6.71. The molecule has 5 nitrogen and oxygen atoms in total. The lowest BCUT2D eigenvalue weighted by molar-refractivity contribution is 0.743. The Hall–Kier alpha value is -1.91. The Morgan fingerprint density at radius 2 is 2.05 bits per heavy atom. The topological polar surface area (TPSA) is 69.6 Å². The Kier molecular flexibility index (Phi) is 3.83. The van der Waals surface area contributed by atoms with E-state index in [1.165, 1.54) is 0 Å². The standard InChI is InChI=1S/C14H21N5/c1-5-6-11-16-7-8-19(11)14-10(4)12(15)17-13(18-14)9(2)3/h7-9H,5-6H2,1-4H3,(H2,15,17,18). The van der Waals surface area contributed by atoms with Crippen molar-refractivity contribution in [2.75, 3.05) is 5.73 Å². The lowest BCUT2D eigenvalue weighted by Gasteiger charge is -2.14. The molecule has 0 unspecified atom stereocenters. The van der Waals surface area contributed by atoms with E-state index < -0.39 is 0 Å². The van der Waals surface area contributed by atoms with Crippen molar-refractivity contribution in [3.8, 4) is 5.82 Å². The number of nitrogens with two attached hydrogens (primary N) is 1. The molecule has 0 saturated carbocycles. The molecular formula is C14H21N5. The van der Waals surface area contributed by atoms with Crippen LogP contribution >= 0.6 is 0 Å². The number of rotatable bonds is 4. The molecule has 0 aromatic carbocycles. The Bertz CT molecular complexity index is 571. The molecule has 102 valence electrons. The molecule has 0 aliphatic rings. The van der Waals surface area contributed by atoms with Gasteiger partial charge in [-0.3, -0.25) is 4.57 Å². The highest BCUT2D eigenvalue weighted by Crippen LogP contribution is 2.21. The van der Waals surface area contributed by atoms with Gasteiger partial charge in [0.05, 0.1) is 0 Å². The maximum Gasteiger partial charge on any atom is 0.146 e. The monoisotopic (exact) mass is 259 g/mol. The second kappa shape index (κ2) is 5.38. The van der Waals surface area contributed by atoms with Gasteiger partial charge in [0.25, 0.3) is 0 Å². The van der Waals surface area contributed by atoms with Crippen LogP contribution in [0.15, 0.2) is 12.4 Å². The van der Waals surface area contributed by atoms with Crippen LogP contribution < -0.4 is 5.73 Å². The molecule has 0 aliphatic heterocycles. The minimum absolute atomic E-state index is 0.250. The van der Waals surface area contributed by atoms with Crippen LogP contribution in [-0.2, 0) is 6.42 Å². The van der Waals surface area contributed by atoms with E-state index in [4.69, 9.17) is 5.73 Å². The zero-order valence-corrected chi connectivity index (χ0v) is 12.0. The summed E-state index contributed by atoms with van der Waals surface area (Å²) in [4.78, 5) is 13.4. The average Bonchev–Trinajstić information content (AvgIpc) is 2.81. The second-order valence-corrected chi connectivity index (χ2v) is 5.03. The molecule has 0 saturated heterocycles. The third-order valence-electron chi connectivity index (χ3n) is 3.11. The molecule has 0 radical (unpaired) electrons. The SMILES string of the molecule is CCCc1nccn1-c1nc(C(C)C)nc(N)c1C. The number of nitrogens with zero attached hydrogens (tertiary/aromatic N) is 4. The van der Waals surface area contributed by atoms with Crippen molar-refractivity contribution in [3.63, 3.8) is 0 Å². The normalized spacial score (nSPS) is 11.2. The van der Waals surface area contributed by atoms with Gasteiger partial charge in [-0.15, -0.1) is 0 Å². The van der Waals surface area contributed by atoms with Gasteiger partial charge in [-0.1, -0.05) is 20.8 Å². The van der Waals surface area contributed by atoms with Crippen molar-refractivity contribution >= 4 is 5.82 Å². The molecule has 2 N–H and O–H groups in total.